The molecule has 2 unspecified atom stereocenters. The van der Waals surface area contributed by atoms with E-state index in [1.165, 1.54) is 0 Å². The molecule has 0 fully saturated rings. The molecule has 0 spiro atoms. The number of carbonyl (C=O) groups excluding carboxylic acids is 1. The van der Waals surface area contributed by atoms with Crippen LogP contribution in [0.5, 0.6) is 0 Å². The Labute approximate surface area is 101 Å². The minimum absolute atomic E-state index is 0.0611. The highest BCUT2D eigenvalue weighted by Gasteiger charge is 2.11. The lowest BCUT2D eigenvalue weighted by Gasteiger charge is -2.14. The number of carbonyl (C=O) groups is 1. The summed E-state index contributed by atoms with van der Waals surface area (Å²) in [5, 5.41) is 2.95. The van der Waals surface area contributed by atoms with E-state index < -0.39 is 0 Å². The third-order valence-electron chi connectivity index (χ3n) is 2.19. The summed E-state index contributed by atoms with van der Waals surface area (Å²) in [6.07, 6.45) is 4.05. The number of nitrogens with zero attached hydrogens (tertiary/aromatic N) is 1. The quantitative estimate of drug-likeness (QED) is 0.822. The first kappa shape index (κ1) is 13.0. The van der Waals surface area contributed by atoms with Crippen molar-refractivity contribution in [2.24, 2.45) is 0 Å². The second-order valence-electron chi connectivity index (χ2n) is 4.14. The molecule has 0 saturated heterocycles. The normalized spacial score (nSPS) is 14.2. The molecule has 3 nitrogen and oxygen atoms in total. The van der Waals surface area contributed by atoms with Crippen molar-refractivity contribution in [1.82, 2.24) is 10.3 Å². The van der Waals surface area contributed by atoms with Crippen molar-refractivity contribution in [1.29, 1.82) is 0 Å². The summed E-state index contributed by atoms with van der Waals surface area (Å²) in [4.78, 5) is 15.8. The molecule has 0 aliphatic rings. The van der Waals surface area contributed by atoms with Crippen molar-refractivity contribution in [3.05, 3.63) is 29.6 Å². The molecule has 0 aromatic carbocycles. The van der Waals surface area contributed by atoms with Gasteiger partial charge in [-0.05, 0) is 38.8 Å². The van der Waals surface area contributed by atoms with Crippen molar-refractivity contribution in [2.75, 3.05) is 0 Å². The van der Waals surface area contributed by atoms with E-state index in [2.05, 4.69) is 10.3 Å². The molecule has 1 aromatic rings. The number of rotatable bonds is 4. The van der Waals surface area contributed by atoms with Gasteiger partial charge in [0.05, 0.1) is 5.56 Å². The Kier molecular flexibility index (Phi) is 4.74. The van der Waals surface area contributed by atoms with Gasteiger partial charge >= 0.3 is 0 Å². The first-order valence-corrected chi connectivity index (χ1v) is 5.79. The minimum Gasteiger partial charge on any atom is -0.349 e. The second kappa shape index (κ2) is 5.85. The topological polar surface area (TPSA) is 42.0 Å². The van der Waals surface area contributed by atoms with Crippen LogP contribution in [0.25, 0.3) is 0 Å². The van der Waals surface area contributed by atoms with Crippen LogP contribution in [-0.4, -0.2) is 22.3 Å². The average molecular weight is 241 g/mol. The number of halogens is 1. The first-order chi connectivity index (χ1) is 7.49. The molecule has 1 aromatic heterocycles. The van der Waals surface area contributed by atoms with Crippen LogP contribution in [0, 0.1) is 6.92 Å². The van der Waals surface area contributed by atoms with Crippen LogP contribution in [0.1, 0.15) is 36.2 Å². The van der Waals surface area contributed by atoms with Gasteiger partial charge in [-0.3, -0.25) is 9.78 Å². The van der Waals surface area contributed by atoms with Crippen molar-refractivity contribution < 1.29 is 4.79 Å². The Morgan fingerprint density at radius 1 is 1.50 bits per heavy atom. The molecule has 1 rings (SSSR count). The average Bonchev–Trinajstić information content (AvgIpc) is 2.16. The van der Waals surface area contributed by atoms with E-state index in [4.69, 9.17) is 11.6 Å². The van der Waals surface area contributed by atoms with Crippen LogP contribution in [0.2, 0.25) is 0 Å². The zero-order chi connectivity index (χ0) is 12.1. The highest BCUT2D eigenvalue weighted by atomic mass is 35.5. The maximum Gasteiger partial charge on any atom is 0.253 e. The zero-order valence-electron chi connectivity index (χ0n) is 9.83. The van der Waals surface area contributed by atoms with Gasteiger partial charge in [-0.25, -0.2) is 0 Å². The molecule has 1 N–H and O–H groups in total. The maximum absolute atomic E-state index is 11.8. The second-order valence-corrected chi connectivity index (χ2v) is 4.89. The lowest BCUT2D eigenvalue weighted by Crippen LogP contribution is -2.34. The summed E-state index contributed by atoms with van der Waals surface area (Å²) in [6.45, 7) is 5.77. The lowest BCUT2D eigenvalue weighted by molar-refractivity contribution is 0.0938. The fourth-order valence-corrected chi connectivity index (χ4v) is 1.80. The van der Waals surface area contributed by atoms with E-state index in [1.807, 2.05) is 26.8 Å². The largest absolute Gasteiger partial charge is 0.349 e. The molecule has 1 amide bonds. The minimum atomic E-state index is -0.0963. The standard InChI is InChI=1S/C12H17ClN2O/c1-8-4-11(7-14-6-8)12(16)15-10(3)5-9(2)13/h4,6-7,9-10H,5H2,1-3H3,(H,15,16). The van der Waals surface area contributed by atoms with Crippen molar-refractivity contribution in [3.8, 4) is 0 Å². The van der Waals surface area contributed by atoms with Crippen molar-refractivity contribution >= 4 is 17.5 Å². The van der Waals surface area contributed by atoms with E-state index in [0.717, 1.165) is 12.0 Å². The summed E-state index contributed by atoms with van der Waals surface area (Å²) in [5.41, 5.74) is 1.57. The number of aryl methyl sites for hydroxylation is 1. The van der Waals surface area contributed by atoms with Gasteiger partial charge in [0.1, 0.15) is 0 Å². The fraction of sp³-hybridized carbons (Fsp3) is 0.500. The Morgan fingerprint density at radius 3 is 2.75 bits per heavy atom. The summed E-state index contributed by atoms with van der Waals surface area (Å²) >= 11 is 5.86. The summed E-state index contributed by atoms with van der Waals surface area (Å²) in [6, 6.07) is 1.89. The monoisotopic (exact) mass is 240 g/mol. The zero-order valence-corrected chi connectivity index (χ0v) is 10.6. The molecule has 0 radical (unpaired) electrons. The Bertz CT molecular complexity index is 366. The summed E-state index contributed by atoms with van der Waals surface area (Å²) in [5.74, 6) is -0.0963. The summed E-state index contributed by atoms with van der Waals surface area (Å²) < 4.78 is 0. The molecule has 0 saturated carbocycles. The predicted molar refractivity (Wildman–Crippen MR) is 65.8 cm³/mol. The molecule has 88 valence electrons. The third kappa shape index (κ3) is 4.19. The van der Waals surface area contributed by atoms with Gasteiger partial charge in [0.15, 0.2) is 0 Å². The number of nitrogens with one attached hydrogen (secondary N) is 1. The number of amides is 1. The smallest absolute Gasteiger partial charge is 0.253 e. The van der Waals surface area contributed by atoms with Gasteiger partial charge < -0.3 is 5.32 Å². The van der Waals surface area contributed by atoms with Crippen molar-refractivity contribution in [3.63, 3.8) is 0 Å². The molecule has 4 heteroatoms. The molecule has 0 aliphatic heterocycles. The number of alkyl halides is 1. The van der Waals surface area contributed by atoms with Gasteiger partial charge in [-0.15, -0.1) is 11.6 Å². The van der Waals surface area contributed by atoms with Crippen LogP contribution in [0.3, 0.4) is 0 Å². The molecule has 0 bridgehead atoms. The molecule has 0 aliphatic carbocycles. The highest BCUT2D eigenvalue weighted by molar-refractivity contribution is 6.20. The SMILES string of the molecule is Cc1cncc(C(=O)NC(C)CC(C)Cl)c1. The fourth-order valence-electron chi connectivity index (χ4n) is 1.53. The van der Waals surface area contributed by atoms with E-state index in [0.29, 0.717) is 5.56 Å². The number of pyridine rings is 1. The summed E-state index contributed by atoms with van der Waals surface area (Å²) in [7, 11) is 0. The van der Waals surface area contributed by atoms with Crippen LogP contribution in [0.15, 0.2) is 18.5 Å². The molecular weight excluding hydrogens is 224 g/mol. The van der Waals surface area contributed by atoms with Gasteiger partial charge in [0.2, 0.25) is 0 Å². The van der Waals surface area contributed by atoms with Crippen LogP contribution < -0.4 is 5.32 Å². The van der Waals surface area contributed by atoms with Gasteiger partial charge in [0.25, 0.3) is 5.91 Å². The molecular formula is C12H17ClN2O. The van der Waals surface area contributed by atoms with E-state index in [-0.39, 0.29) is 17.3 Å². The Balaban J connectivity index is 2.59. The van der Waals surface area contributed by atoms with E-state index >= 15 is 0 Å². The number of aromatic nitrogens is 1. The van der Waals surface area contributed by atoms with E-state index in [9.17, 15) is 4.79 Å². The predicted octanol–water partition coefficient (Wildman–Crippen LogP) is 2.53. The maximum atomic E-state index is 11.8. The van der Waals surface area contributed by atoms with Crippen molar-refractivity contribution in [2.45, 2.75) is 38.6 Å². The Morgan fingerprint density at radius 2 is 2.19 bits per heavy atom. The highest BCUT2D eigenvalue weighted by Crippen LogP contribution is 2.06. The van der Waals surface area contributed by atoms with E-state index in [1.54, 1.807) is 12.4 Å². The molecule has 2 atom stereocenters. The third-order valence-corrected chi connectivity index (χ3v) is 2.37. The van der Waals surface area contributed by atoms with Gasteiger partial charge in [0, 0.05) is 23.8 Å². The molecule has 1 heterocycles. The van der Waals surface area contributed by atoms with Crippen LogP contribution in [-0.2, 0) is 0 Å². The molecule has 16 heavy (non-hydrogen) atoms. The van der Waals surface area contributed by atoms with Crippen LogP contribution in [0.4, 0.5) is 0 Å². The lowest BCUT2D eigenvalue weighted by atomic mass is 10.1. The van der Waals surface area contributed by atoms with Gasteiger partial charge in [-0.1, -0.05) is 0 Å². The first-order valence-electron chi connectivity index (χ1n) is 5.35. The van der Waals surface area contributed by atoms with Gasteiger partial charge in [-0.2, -0.15) is 0 Å². The number of hydrogen-bond acceptors (Lipinski definition) is 2. The van der Waals surface area contributed by atoms with Crippen LogP contribution >= 0.6 is 11.6 Å². The number of hydrogen-bond donors (Lipinski definition) is 1. The Hall–Kier alpha value is -1.09.